The van der Waals surface area contributed by atoms with Crippen molar-refractivity contribution in [2.24, 2.45) is 0 Å². The second kappa shape index (κ2) is 6.89. The molecule has 11 heteroatoms. The van der Waals surface area contributed by atoms with Gasteiger partial charge in [-0.2, -0.15) is 13.2 Å². The van der Waals surface area contributed by atoms with Gasteiger partial charge in [-0.3, -0.25) is 0 Å². The maximum Gasteiger partial charge on any atom is 0.419 e. The van der Waals surface area contributed by atoms with Crippen molar-refractivity contribution in [1.82, 2.24) is 19.6 Å². The van der Waals surface area contributed by atoms with Gasteiger partial charge < -0.3 is 15.7 Å². The van der Waals surface area contributed by atoms with Crippen molar-refractivity contribution in [3.05, 3.63) is 24.0 Å². The summed E-state index contributed by atoms with van der Waals surface area (Å²) in [7, 11) is 1.94. The van der Waals surface area contributed by atoms with Crippen LogP contribution in [0.2, 0.25) is 0 Å². The number of rotatable bonds is 3. The fraction of sp³-hybridized carbons (Fsp3) is 0.471. The van der Waals surface area contributed by atoms with Crippen LogP contribution in [0.1, 0.15) is 31.2 Å². The van der Waals surface area contributed by atoms with Gasteiger partial charge in [0.25, 0.3) is 0 Å². The van der Waals surface area contributed by atoms with E-state index < -0.39 is 17.6 Å². The Labute approximate surface area is 162 Å². The molecule has 0 aromatic carbocycles. The van der Waals surface area contributed by atoms with Crippen molar-refractivity contribution in [2.75, 3.05) is 17.7 Å². The van der Waals surface area contributed by atoms with Crippen molar-refractivity contribution < 1.29 is 18.3 Å². The Morgan fingerprint density at radius 2 is 1.93 bits per heavy atom. The number of hydrogen-bond acceptors (Lipinski definition) is 7. The van der Waals surface area contributed by atoms with E-state index in [9.17, 15) is 18.3 Å². The molecule has 1 saturated carbocycles. The van der Waals surface area contributed by atoms with Crippen LogP contribution in [0, 0.1) is 0 Å². The van der Waals surface area contributed by atoms with E-state index in [0.717, 1.165) is 36.9 Å². The number of imidazole rings is 1. The van der Waals surface area contributed by atoms with Crippen LogP contribution in [-0.2, 0) is 6.18 Å². The Morgan fingerprint density at radius 3 is 2.61 bits per heavy atom. The standard InChI is InChI=1S/C17H19F3N6OS/c1-25(10-2-4-11(27)5-3-10)16-24-26-13(8-23-15(26)28-16)9-6-12(17(18,19)20)14(21)22-7-9/h6-8,10-11,27H,2-5H2,1H3,(H2,21,22)/t10-,11-. The third-order valence-corrected chi connectivity index (χ3v) is 6.12. The molecule has 1 fully saturated rings. The molecule has 0 bridgehead atoms. The van der Waals surface area contributed by atoms with Gasteiger partial charge in [-0.25, -0.2) is 14.5 Å². The maximum atomic E-state index is 13.1. The molecule has 3 N–H and O–H groups in total. The lowest BCUT2D eigenvalue weighted by molar-refractivity contribution is -0.137. The van der Waals surface area contributed by atoms with Crippen LogP contribution >= 0.6 is 11.3 Å². The molecule has 0 radical (unpaired) electrons. The quantitative estimate of drug-likeness (QED) is 0.686. The Kier molecular flexibility index (Phi) is 4.66. The second-order valence-electron chi connectivity index (χ2n) is 6.95. The SMILES string of the molecule is CN(c1nn2c(-c3cnc(N)c(C(F)(F)F)c3)cnc2s1)[C@H]1CC[C@H](O)CC1. The molecule has 1 aliphatic rings. The number of fused-ring (bicyclic) bond motifs is 1. The molecule has 4 rings (SSSR count). The fourth-order valence-corrected chi connectivity index (χ4v) is 4.38. The summed E-state index contributed by atoms with van der Waals surface area (Å²) >= 11 is 1.37. The lowest BCUT2D eigenvalue weighted by Crippen LogP contribution is -2.36. The van der Waals surface area contributed by atoms with Gasteiger partial charge in [-0.1, -0.05) is 11.3 Å². The van der Waals surface area contributed by atoms with Crippen LogP contribution in [-0.4, -0.2) is 43.9 Å². The van der Waals surface area contributed by atoms with Crippen molar-refractivity contribution in [3.8, 4) is 11.3 Å². The molecule has 0 unspecified atom stereocenters. The van der Waals surface area contributed by atoms with Gasteiger partial charge in [-0.15, -0.1) is 5.10 Å². The molecular weight excluding hydrogens is 393 g/mol. The van der Waals surface area contributed by atoms with Gasteiger partial charge in [0.15, 0.2) is 0 Å². The Balaban J connectivity index is 1.67. The predicted molar refractivity (Wildman–Crippen MR) is 100 cm³/mol. The minimum absolute atomic E-state index is 0.245. The van der Waals surface area contributed by atoms with Crippen LogP contribution in [0.3, 0.4) is 0 Å². The van der Waals surface area contributed by atoms with E-state index in [1.165, 1.54) is 28.2 Å². The minimum atomic E-state index is -4.59. The molecule has 28 heavy (non-hydrogen) atoms. The number of aliphatic hydroxyl groups excluding tert-OH is 1. The summed E-state index contributed by atoms with van der Waals surface area (Å²) in [4.78, 5) is 10.6. The molecule has 0 amide bonds. The second-order valence-corrected chi connectivity index (χ2v) is 7.88. The summed E-state index contributed by atoms with van der Waals surface area (Å²) in [5.74, 6) is -0.560. The molecule has 7 nitrogen and oxygen atoms in total. The van der Waals surface area contributed by atoms with E-state index in [-0.39, 0.29) is 17.7 Å². The first-order chi connectivity index (χ1) is 13.2. The summed E-state index contributed by atoms with van der Waals surface area (Å²) in [5.41, 5.74) is 5.07. The Morgan fingerprint density at radius 1 is 1.21 bits per heavy atom. The zero-order chi connectivity index (χ0) is 20.1. The number of alkyl halides is 3. The van der Waals surface area contributed by atoms with Crippen LogP contribution in [0.25, 0.3) is 16.2 Å². The first kappa shape index (κ1) is 18.9. The number of halogens is 3. The number of anilines is 2. The van der Waals surface area contributed by atoms with Crippen LogP contribution in [0.15, 0.2) is 18.5 Å². The molecule has 3 aromatic rings. The average molecular weight is 412 g/mol. The molecule has 0 spiro atoms. The number of nitrogen functional groups attached to an aromatic ring is 1. The minimum Gasteiger partial charge on any atom is -0.393 e. The summed E-state index contributed by atoms with van der Waals surface area (Å²) in [6.07, 6.45) is 1.17. The number of nitrogens with zero attached hydrogens (tertiary/aromatic N) is 5. The Bertz CT molecular complexity index is 993. The molecule has 3 heterocycles. The number of hydrogen-bond donors (Lipinski definition) is 2. The van der Waals surface area contributed by atoms with E-state index >= 15 is 0 Å². The predicted octanol–water partition coefficient (Wildman–Crippen LogP) is 3.19. The van der Waals surface area contributed by atoms with E-state index in [1.54, 1.807) is 0 Å². The normalized spacial score (nSPS) is 20.6. The lowest BCUT2D eigenvalue weighted by atomic mass is 9.92. The highest BCUT2D eigenvalue weighted by Gasteiger charge is 2.34. The molecule has 150 valence electrons. The van der Waals surface area contributed by atoms with Gasteiger partial charge in [0, 0.05) is 24.8 Å². The first-order valence-corrected chi connectivity index (χ1v) is 9.64. The van der Waals surface area contributed by atoms with Crippen molar-refractivity contribution in [3.63, 3.8) is 0 Å². The highest BCUT2D eigenvalue weighted by molar-refractivity contribution is 7.20. The molecule has 0 atom stereocenters. The smallest absolute Gasteiger partial charge is 0.393 e. The van der Waals surface area contributed by atoms with E-state index in [0.29, 0.717) is 10.7 Å². The summed E-state index contributed by atoms with van der Waals surface area (Å²) in [5, 5.41) is 15.0. The van der Waals surface area contributed by atoms with Gasteiger partial charge >= 0.3 is 6.18 Å². The maximum absolute atomic E-state index is 13.1. The van der Waals surface area contributed by atoms with Gasteiger partial charge in [0.1, 0.15) is 5.82 Å². The number of nitrogens with two attached hydrogens (primary N) is 1. The van der Waals surface area contributed by atoms with Crippen molar-refractivity contribution in [1.29, 1.82) is 0 Å². The highest BCUT2D eigenvalue weighted by atomic mass is 32.1. The highest BCUT2D eigenvalue weighted by Crippen LogP contribution is 2.36. The van der Waals surface area contributed by atoms with Crippen molar-refractivity contribution >= 4 is 27.2 Å². The van der Waals surface area contributed by atoms with E-state index in [2.05, 4.69) is 20.0 Å². The van der Waals surface area contributed by atoms with E-state index in [1.807, 2.05) is 7.05 Å². The topological polar surface area (TPSA) is 92.6 Å². The van der Waals surface area contributed by atoms with E-state index in [4.69, 9.17) is 5.73 Å². The summed E-state index contributed by atoms with van der Waals surface area (Å²) in [6.45, 7) is 0. The molecule has 1 aliphatic carbocycles. The molecule has 3 aromatic heterocycles. The number of aliphatic hydroxyl groups is 1. The van der Waals surface area contributed by atoms with Gasteiger partial charge in [0.05, 0.1) is 23.6 Å². The van der Waals surface area contributed by atoms with Crippen molar-refractivity contribution in [2.45, 2.75) is 44.0 Å². The largest absolute Gasteiger partial charge is 0.419 e. The van der Waals surface area contributed by atoms with Gasteiger partial charge in [-0.05, 0) is 31.7 Å². The first-order valence-electron chi connectivity index (χ1n) is 8.82. The van der Waals surface area contributed by atoms with Crippen LogP contribution < -0.4 is 10.6 Å². The molecule has 0 aliphatic heterocycles. The molecule has 0 saturated heterocycles. The average Bonchev–Trinajstić information content (AvgIpc) is 3.22. The third kappa shape index (κ3) is 3.39. The molecular formula is C17H19F3N6OS. The number of aromatic nitrogens is 4. The fourth-order valence-electron chi connectivity index (χ4n) is 3.47. The number of pyridine rings is 1. The monoisotopic (exact) mass is 412 g/mol. The summed E-state index contributed by atoms with van der Waals surface area (Å²) in [6, 6.07) is 1.23. The summed E-state index contributed by atoms with van der Waals surface area (Å²) < 4.78 is 41.0. The van der Waals surface area contributed by atoms with Gasteiger partial charge in [0.2, 0.25) is 10.1 Å². The van der Waals surface area contributed by atoms with Crippen LogP contribution in [0.5, 0.6) is 0 Å². The lowest BCUT2D eigenvalue weighted by Gasteiger charge is -2.32. The van der Waals surface area contributed by atoms with Crippen LogP contribution in [0.4, 0.5) is 24.1 Å². The zero-order valence-electron chi connectivity index (χ0n) is 15.0. The Hall–Kier alpha value is -2.40. The third-order valence-electron chi connectivity index (χ3n) is 5.11. The zero-order valence-corrected chi connectivity index (χ0v) is 15.8.